The number of hydrogen-bond acceptors (Lipinski definition) is 5. The molecule has 0 aromatic rings. The average Bonchev–Trinajstić information content (AvgIpc) is 2.66. The molecule has 1 saturated heterocycles. The lowest BCUT2D eigenvalue weighted by Gasteiger charge is -2.18. The van der Waals surface area contributed by atoms with E-state index in [0.717, 1.165) is 19.4 Å². The van der Waals surface area contributed by atoms with E-state index < -0.39 is 11.0 Å². The number of ether oxygens (including phenoxy) is 2. The SMILES string of the molecule is C[C@](Cl)(OS)C(=O)OCC1CCCO1. The molecule has 0 N–H and O–H groups in total. The van der Waals surface area contributed by atoms with Crippen molar-refractivity contribution in [3.8, 4) is 0 Å². The van der Waals surface area contributed by atoms with Crippen LogP contribution < -0.4 is 0 Å². The minimum Gasteiger partial charge on any atom is -0.460 e. The second-order valence-corrected chi connectivity index (χ2v) is 4.15. The summed E-state index contributed by atoms with van der Waals surface area (Å²) in [5.41, 5.74) is 0. The minimum atomic E-state index is -1.53. The van der Waals surface area contributed by atoms with Crippen LogP contribution in [0.15, 0.2) is 0 Å². The molecular formula is C8H13ClO4S. The van der Waals surface area contributed by atoms with Crippen LogP contribution in [0.5, 0.6) is 0 Å². The Hall–Kier alpha value is 0.0300. The van der Waals surface area contributed by atoms with E-state index in [1.165, 1.54) is 6.92 Å². The summed E-state index contributed by atoms with van der Waals surface area (Å²) in [4.78, 5) is 11.3. The molecule has 6 heteroatoms. The van der Waals surface area contributed by atoms with Crippen molar-refractivity contribution in [1.82, 2.24) is 0 Å². The van der Waals surface area contributed by atoms with Gasteiger partial charge in [-0.25, -0.2) is 4.79 Å². The topological polar surface area (TPSA) is 44.8 Å². The van der Waals surface area contributed by atoms with Crippen LogP contribution in [0.4, 0.5) is 0 Å². The molecule has 0 aromatic heterocycles. The van der Waals surface area contributed by atoms with Gasteiger partial charge in [0.15, 0.2) is 0 Å². The average molecular weight is 241 g/mol. The first kappa shape index (κ1) is 12.1. The number of hydrogen-bond donors (Lipinski definition) is 1. The van der Waals surface area contributed by atoms with E-state index in [9.17, 15) is 4.79 Å². The van der Waals surface area contributed by atoms with Crippen molar-refractivity contribution in [2.45, 2.75) is 30.9 Å². The van der Waals surface area contributed by atoms with Crippen LogP contribution >= 0.6 is 24.5 Å². The first-order chi connectivity index (χ1) is 6.56. The monoisotopic (exact) mass is 240 g/mol. The quantitative estimate of drug-likeness (QED) is 0.350. The third-order valence-corrected chi connectivity index (χ3v) is 2.66. The van der Waals surface area contributed by atoms with Gasteiger partial charge in [0.05, 0.1) is 6.10 Å². The Bertz CT molecular complexity index is 204. The number of rotatable bonds is 4. The number of carbonyl (C=O) groups is 1. The van der Waals surface area contributed by atoms with Crippen molar-refractivity contribution in [2.24, 2.45) is 0 Å². The van der Waals surface area contributed by atoms with Gasteiger partial charge < -0.3 is 9.47 Å². The molecule has 0 bridgehead atoms. The van der Waals surface area contributed by atoms with Crippen LogP contribution in [0.3, 0.4) is 0 Å². The summed E-state index contributed by atoms with van der Waals surface area (Å²) >= 11 is 9.12. The summed E-state index contributed by atoms with van der Waals surface area (Å²) in [6, 6.07) is 0. The van der Waals surface area contributed by atoms with Crippen molar-refractivity contribution < 1.29 is 18.5 Å². The Morgan fingerprint density at radius 3 is 3.00 bits per heavy atom. The molecule has 0 radical (unpaired) electrons. The molecule has 1 fully saturated rings. The molecule has 2 atom stereocenters. The Labute approximate surface area is 93.5 Å². The van der Waals surface area contributed by atoms with Crippen LogP contribution in [0.2, 0.25) is 0 Å². The molecule has 1 aliphatic heterocycles. The Morgan fingerprint density at radius 2 is 2.50 bits per heavy atom. The molecule has 1 unspecified atom stereocenters. The fraction of sp³-hybridized carbons (Fsp3) is 0.875. The van der Waals surface area contributed by atoms with Gasteiger partial charge in [-0.3, -0.25) is 4.18 Å². The zero-order valence-corrected chi connectivity index (χ0v) is 9.51. The minimum absolute atomic E-state index is 0.00802. The Balaban J connectivity index is 2.26. The fourth-order valence-corrected chi connectivity index (χ4v) is 1.24. The highest BCUT2D eigenvalue weighted by Crippen LogP contribution is 2.20. The summed E-state index contributed by atoms with van der Waals surface area (Å²) in [5, 5.41) is -1.53. The van der Waals surface area contributed by atoms with Crippen LogP contribution in [0.25, 0.3) is 0 Å². The molecule has 82 valence electrons. The normalized spacial score (nSPS) is 25.8. The Kier molecular flexibility index (Phi) is 4.50. The zero-order chi connectivity index (χ0) is 10.6. The van der Waals surface area contributed by atoms with E-state index in [1.807, 2.05) is 0 Å². The highest BCUT2D eigenvalue weighted by Gasteiger charge is 2.33. The van der Waals surface area contributed by atoms with Gasteiger partial charge in [-0.2, -0.15) is 0 Å². The van der Waals surface area contributed by atoms with E-state index in [1.54, 1.807) is 0 Å². The number of thiol groups is 1. The highest BCUT2D eigenvalue weighted by molar-refractivity contribution is 7.75. The van der Waals surface area contributed by atoms with E-state index in [2.05, 4.69) is 17.1 Å². The first-order valence-corrected chi connectivity index (χ1v) is 5.11. The molecule has 1 aliphatic rings. The van der Waals surface area contributed by atoms with Crippen molar-refractivity contribution in [2.75, 3.05) is 13.2 Å². The van der Waals surface area contributed by atoms with E-state index in [-0.39, 0.29) is 12.7 Å². The smallest absolute Gasteiger partial charge is 0.355 e. The molecule has 0 aromatic carbocycles. The van der Waals surface area contributed by atoms with Crippen molar-refractivity contribution in [1.29, 1.82) is 0 Å². The molecule has 1 rings (SSSR count). The molecule has 0 amide bonds. The van der Waals surface area contributed by atoms with Gasteiger partial charge in [0, 0.05) is 6.61 Å². The summed E-state index contributed by atoms with van der Waals surface area (Å²) in [5.74, 6) is -0.648. The lowest BCUT2D eigenvalue weighted by molar-refractivity contribution is -0.156. The zero-order valence-electron chi connectivity index (χ0n) is 7.86. The van der Waals surface area contributed by atoms with Gasteiger partial charge in [0.2, 0.25) is 5.06 Å². The molecular weight excluding hydrogens is 228 g/mol. The molecule has 0 aliphatic carbocycles. The van der Waals surface area contributed by atoms with E-state index in [0.29, 0.717) is 0 Å². The second kappa shape index (κ2) is 5.21. The molecule has 0 spiro atoms. The fourth-order valence-electron chi connectivity index (χ4n) is 1.11. The standard InChI is InChI=1S/C8H13ClO4S/c1-8(9,13-14)7(10)12-5-6-3-2-4-11-6/h6,14H,2-5H2,1H3/t6?,8-/m0/s1. The van der Waals surface area contributed by atoms with Gasteiger partial charge in [0.25, 0.3) is 0 Å². The van der Waals surface area contributed by atoms with Crippen LogP contribution in [-0.4, -0.2) is 30.3 Å². The maximum Gasteiger partial charge on any atom is 0.355 e. The summed E-state index contributed by atoms with van der Waals surface area (Å²) < 4.78 is 14.6. The van der Waals surface area contributed by atoms with Gasteiger partial charge in [-0.05, 0) is 32.7 Å². The second-order valence-electron chi connectivity index (χ2n) is 3.24. The lowest BCUT2D eigenvalue weighted by Crippen LogP contribution is -2.33. The number of esters is 1. The lowest BCUT2D eigenvalue weighted by atomic mass is 10.2. The highest BCUT2D eigenvalue weighted by atomic mass is 35.5. The summed E-state index contributed by atoms with van der Waals surface area (Å²) in [7, 11) is 0. The van der Waals surface area contributed by atoms with Crippen molar-refractivity contribution in [3.05, 3.63) is 0 Å². The predicted octanol–water partition coefficient (Wildman–Crippen LogP) is 1.52. The third-order valence-electron chi connectivity index (χ3n) is 1.96. The maximum atomic E-state index is 11.3. The van der Waals surface area contributed by atoms with Gasteiger partial charge in [0.1, 0.15) is 6.61 Å². The summed E-state index contributed by atoms with van der Waals surface area (Å²) in [6.45, 7) is 2.32. The number of carbonyl (C=O) groups excluding carboxylic acids is 1. The predicted molar refractivity (Wildman–Crippen MR) is 54.3 cm³/mol. The van der Waals surface area contributed by atoms with Crippen molar-refractivity contribution in [3.63, 3.8) is 0 Å². The van der Waals surface area contributed by atoms with Gasteiger partial charge in [-0.1, -0.05) is 11.6 Å². The van der Waals surface area contributed by atoms with Crippen LogP contribution in [0.1, 0.15) is 19.8 Å². The largest absolute Gasteiger partial charge is 0.460 e. The maximum absolute atomic E-state index is 11.3. The van der Waals surface area contributed by atoms with E-state index >= 15 is 0 Å². The van der Waals surface area contributed by atoms with E-state index in [4.69, 9.17) is 21.1 Å². The molecule has 4 nitrogen and oxygen atoms in total. The van der Waals surface area contributed by atoms with Gasteiger partial charge in [-0.15, -0.1) is 0 Å². The van der Waals surface area contributed by atoms with Gasteiger partial charge >= 0.3 is 5.97 Å². The third kappa shape index (κ3) is 3.31. The number of alkyl halides is 1. The van der Waals surface area contributed by atoms with Crippen molar-refractivity contribution >= 4 is 30.5 Å². The van der Waals surface area contributed by atoms with Crippen LogP contribution in [0, 0.1) is 0 Å². The Morgan fingerprint density at radius 1 is 1.79 bits per heavy atom. The first-order valence-electron chi connectivity index (χ1n) is 4.36. The molecule has 0 saturated carbocycles. The molecule has 14 heavy (non-hydrogen) atoms. The molecule has 1 heterocycles. The summed E-state index contributed by atoms with van der Waals surface area (Å²) in [6.07, 6.45) is 1.91. The van der Waals surface area contributed by atoms with Crippen LogP contribution in [-0.2, 0) is 18.5 Å². The number of halogens is 1.